The molecule has 0 aromatic heterocycles. The van der Waals surface area contributed by atoms with Crippen LogP contribution in [-0.4, -0.2) is 40.6 Å². The summed E-state index contributed by atoms with van der Waals surface area (Å²) in [5.74, 6) is -0.0900. The first-order valence-electron chi connectivity index (χ1n) is 6.31. The summed E-state index contributed by atoms with van der Waals surface area (Å²) in [6.07, 6.45) is -0.502. The van der Waals surface area contributed by atoms with Crippen LogP contribution < -0.4 is 5.32 Å². The standard InChI is InChI=1S/C14H20N2O2/c1-10-14(18)13(15-11(2)17)9-16(10)8-12-6-4-3-5-7-12/h3-7,10,13-14,18H,8-9H2,1-2H3,(H,15,17). The minimum atomic E-state index is -0.502. The Morgan fingerprint density at radius 3 is 2.72 bits per heavy atom. The summed E-state index contributed by atoms with van der Waals surface area (Å²) >= 11 is 0. The number of hydrogen-bond acceptors (Lipinski definition) is 3. The molecule has 0 aliphatic carbocycles. The van der Waals surface area contributed by atoms with E-state index < -0.39 is 6.10 Å². The number of carbonyl (C=O) groups excluding carboxylic acids is 1. The van der Waals surface area contributed by atoms with E-state index in [1.54, 1.807) is 0 Å². The highest BCUT2D eigenvalue weighted by Crippen LogP contribution is 2.20. The van der Waals surface area contributed by atoms with Gasteiger partial charge in [-0.05, 0) is 12.5 Å². The van der Waals surface area contributed by atoms with E-state index in [0.29, 0.717) is 6.54 Å². The predicted octanol–water partition coefficient (Wildman–Crippen LogP) is 0.756. The van der Waals surface area contributed by atoms with Gasteiger partial charge in [-0.1, -0.05) is 30.3 Å². The van der Waals surface area contributed by atoms with Crippen LogP contribution in [0.5, 0.6) is 0 Å². The molecule has 1 heterocycles. The van der Waals surface area contributed by atoms with Gasteiger partial charge < -0.3 is 10.4 Å². The van der Waals surface area contributed by atoms with Crippen molar-refractivity contribution in [3.63, 3.8) is 0 Å². The van der Waals surface area contributed by atoms with Crippen molar-refractivity contribution in [3.05, 3.63) is 35.9 Å². The van der Waals surface area contributed by atoms with Crippen LogP contribution in [0.15, 0.2) is 30.3 Å². The SMILES string of the molecule is CC(=O)NC1CN(Cc2ccccc2)C(C)C1O. The maximum absolute atomic E-state index is 11.1. The van der Waals surface area contributed by atoms with Crippen molar-refractivity contribution in [2.75, 3.05) is 6.54 Å². The largest absolute Gasteiger partial charge is 0.389 e. The molecule has 1 aliphatic rings. The normalized spacial score (nSPS) is 28.3. The lowest BCUT2D eigenvalue weighted by atomic mass is 10.1. The van der Waals surface area contributed by atoms with Gasteiger partial charge >= 0.3 is 0 Å². The highest BCUT2D eigenvalue weighted by atomic mass is 16.3. The van der Waals surface area contributed by atoms with E-state index in [0.717, 1.165) is 6.54 Å². The van der Waals surface area contributed by atoms with Gasteiger partial charge in [-0.2, -0.15) is 0 Å². The molecule has 1 saturated heterocycles. The van der Waals surface area contributed by atoms with Crippen LogP contribution in [0.1, 0.15) is 19.4 Å². The summed E-state index contributed by atoms with van der Waals surface area (Å²) in [7, 11) is 0. The Bertz CT molecular complexity index is 408. The number of nitrogens with zero attached hydrogens (tertiary/aromatic N) is 1. The zero-order chi connectivity index (χ0) is 13.1. The highest BCUT2D eigenvalue weighted by Gasteiger charge is 2.38. The van der Waals surface area contributed by atoms with E-state index in [-0.39, 0.29) is 18.0 Å². The zero-order valence-electron chi connectivity index (χ0n) is 10.8. The summed E-state index contributed by atoms with van der Waals surface area (Å²) in [6.45, 7) is 4.97. The average molecular weight is 248 g/mol. The first-order chi connectivity index (χ1) is 8.58. The van der Waals surface area contributed by atoms with Gasteiger partial charge in [0.05, 0.1) is 12.1 Å². The molecule has 3 atom stereocenters. The van der Waals surface area contributed by atoms with E-state index in [1.807, 2.05) is 25.1 Å². The van der Waals surface area contributed by atoms with Crippen molar-refractivity contribution in [2.45, 2.75) is 38.6 Å². The molecule has 1 amide bonds. The summed E-state index contributed by atoms with van der Waals surface area (Å²) in [4.78, 5) is 13.3. The molecule has 1 aromatic rings. The number of likely N-dealkylation sites (tertiary alicyclic amines) is 1. The predicted molar refractivity (Wildman–Crippen MR) is 69.9 cm³/mol. The second kappa shape index (κ2) is 5.50. The lowest BCUT2D eigenvalue weighted by molar-refractivity contribution is -0.120. The molecule has 0 spiro atoms. The molecule has 4 heteroatoms. The molecular formula is C14H20N2O2. The number of benzene rings is 1. The number of aliphatic hydroxyl groups is 1. The van der Waals surface area contributed by atoms with Crippen molar-refractivity contribution in [1.82, 2.24) is 10.2 Å². The summed E-state index contributed by atoms with van der Waals surface area (Å²) < 4.78 is 0. The van der Waals surface area contributed by atoms with E-state index >= 15 is 0 Å². The van der Waals surface area contributed by atoms with Crippen LogP contribution in [0.25, 0.3) is 0 Å². The Morgan fingerprint density at radius 2 is 2.11 bits per heavy atom. The van der Waals surface area contributed by atoms with E-state index in [4.69, 9.17) is 0 Å². The summed E-state index contributed by atoms with van der Waals surface area (Å²) in [6, 6.07) is 10.1. The number of aliphatic hydroxyl groups excluding tert-OH is 1. The van der Waals surface area contributed by atoms with Crippen LogP contribution in [-0.2, 0) is 11.3 Å². The molecule has 2 N–H and O–H groups in total. The van der Waals surface area contributed by atoms with E-state index in [2.05, 4.69) is 22.3 Å². The second-order valence-electron chi connectivity index (χ2n) is 4.95. The van der Waals surface area contributed by atoms with Crippen LogP contribution in [0, 0.1) is 0 Å². The first-order valence-corrected chi connectivity index (χ1v) is 6.31. The number of nitrogens with one attached hydrogen (secondary N) is 1. The lowest BCUT2D eigenvalue weighted by Crippen LogP contribution is -2.42. The van der Waals surface area contributed by atoms with Gasteiger partial charge in [0.1, 0.15) is 0 Å². The van der Waals surface area contributed by atoms with Crippen molar-refractivity contribution in [3.8, 4) is 0 Å². The summed E-state index contributed by atoms with van der Waals surface area (Å²) in [5.41, 5.74) is 1.22. The number of carbonyl (C=O) groups is 1. The lowest BCUT2D eigenvalue weighted by Gasteiger charge is -2.21. The maximum Gasteiger partial charge on any atom is 0.217 e. The Hall–Kier alpha value is -1.39. The molecule has 2 rings (SSSR count). The smallest absolute Gasteiger partial charge is 0.217 e. The molecule has 1 aliphatic heterocycles. The molecule has 0 radical (unpaired) electrons. The molecule has 3 unspecified atom stereocenters. The van der Waals surface area contributed by atoms with Crippen LogP contribution in [0.3, 0.4) is 0 Å². The van der Waals surface area contributed by atoms with E-state index in [9.17, 15) is 9.90 Å². The quantitative estimate of drug-likeness (QED) is 0.830. The monoisotopic (exact) mass is 248 g/mol. The van der Waals surface area contributed by atoms with Gasteiger partial charge in [0.25, 0.3) is 0 Å². The maximum atomic E-state index is 11.1. The highest BCUT2D eigenvalue weighted by molar-refractivity contribution is 5.73. The topological polar surface area (TPSA) is 52.6 Å². The Balaban J connectivity index is 2.00. The minimum absolute atomic E-state index is 0.0575. The summed E-state index contributed by atoms with van der Waals surface area (Å²) in [5, 5.41) is 12.9. The van der Waals surface area contributed by atoms with Gasteiger partial charge in [0.15, 0.2) is 0 Å². The van der Waals surface area contributed by atoms with Crippen molar-refractivity contribution in [2.24, 2.45) is 0 Å². The Morgan fingerprint density at radius 1 is 1.44 bits per heavy atom. The molecule has 18 heavy (non-hydrogen) atoms. The molecule has 98 valence electrons. The second-order valence-corrected chi connectivity index (χ2v) is 4.95. The minimum Gasteiger partial charge on any atom is -0.389 e. The number of hydrogen-bond donors (Lipinski definition) is 2. The van der Waals surface area contributed by atoms with Crippen molar-refractivity contribution < 1.29 is 9.90 Å². The Kier molecular flexibility index (Phi) is 3.99. The van der Waals surface area contributed by atoms with Gasteiger partial charge in [-0.25, -0.2) is 0 Å². The fourth-order valence-electron chi connectivity index (χ4n) is 2.50. The third-order valence-electron chi connectivity index (χ3n) is 3.53. The molecule has 1 fully saturated rings. The third-order valence-corrected chi connectivity index (χ3v) is 3.53. The van der Waals surface area contributed by atoms with Crippen LogP contribution >= 0.6 is 0 Å². The number of rotatable bonds is 3. The zero-order valence-corrected chi connectivity index (χ0v) is 10.8. The van der Waals surface area contributed by atoms with Crippen LogP contribution in [0.4, 0.5) is 0 Å². The Labute approximate surface area is 108 Å². The van der Waals surface area contributed by atoms with Gasteiger partial charge in [0, 0.05) is 26.1 Å². The van der Waals surface area contributed by atoms with Crippen molar-refractivity contribution in [1.29, 1.82) is 0 Å². The third kappa shape index (κ3) is 2.89. The molecular weight excluding hydrogens is 228 g/mol. The molecule has 0 saturated carbocycles. The molecule has 4 nitrogen and oxygen atoms in total. The number of amides is 1. The van der Waals surface area contributed by atoms with Gasteiger partial charge in [-0.15, -0.1) is 0 Å². The van der Waals surface area contributed by atoms with Crippen LogP contribution in [0.2, 0.25) is 0 Å². The fourth-order valence-corrected chi connectivity index (χ4v) is 2.50. The molecule has 1 aromatic carbocycles. The molecule has 0 bridgehead atoms. The average Bonchev–Trinajstić information content (AvgIpc) is 2.58. The van der Waals surface area contributed by atoms with Gasteiger partial charge in [-0.3, -0.25) is 9.69 Å². The first kappa shape index (κ1) is 13.1. The van der Waals surface area contributed by atoms with Crippen molar-refractivity contribution >= 4 is 5.91 Å². The van der Waals surface area contributed by atoms with Gasteiger partial charge in [0.2, 0.25) is 5.91 Å². The fraction of sp³-hybridized carbons (Fsp3) is 0.500. The van der Waals surface area contributed by atoms with E-state index in [1.165, 1.54) is 12.5 Å².